The number of hydrogen-bond donors (Lipinski definition) is 2. The molecule has 2 saturated heterocycles. The fourth-order valence-electron chi connectivity index (χ4n) is 6.31. The number of para-hydroxylation sites is 2. The van der Waals surface area contributed by atoms with Gasteiger partial charge in [0.05, 0.1) is 31.1 Å². The highest BCUT2D eigenvalue weighted by molar-refractivity contribution is 7.10. The first-order valence-electron chi connectivity index (χ1n) is 17.4. The third-order valence-electron chi connectivity index (χ3n) is 9.27. The Balaban J connectivity index is 0.000000188. The zero-order chi connectivity index (χ0) is 37.5. The van der Waals surface area contributed by atoms with Gasteiger partial charge in [-0.25, -0.2) is 9.67 Å². The Labute approximate surface area is 309 Å². The Kier molecular flexibility index (Phi) is 12.0. The van der Waals surface area contributed by atoms with Crippen molar-refractivity contribution in [2.24, 2.45) is 0 Å². The lowest BCUT2D eigenvalue weighted by atomic mass is 10.0. The lowest BCUT2D eigenvalue weighted by Crippen LogP contribution is -2.56. The van der Waals surface area contributed by atoms with Crippen molar-refractivity contribution in [3.8, 4) is 5.69 Å². The number of allylic oxidation sites excluding steroid dienone is 1. The number of nitrogens with zero attached hydrogens (tertiary/aromatic N) is 6. The number of amides is 3. The average Bonchev–Trinajstić information content (AvgIpc) is 3.81. The van der Waals surface area contributed by atoms with Gasteiger partial charge in [-0.3, -0.25) is 29.1 Å². The number of likely N-dealkylation sites (N-methyl/N-ethyl adjacent to an activating group) is 1. The topological polar surface area (TPSA) is 125 Å². The minimum Gasteiger partial charge on any atom is -0.378 e. The second-order valence-corrected chi connectivity index (χ2v) is 13.6. The number of alkyl halides is 3. The van der Waals surface area contributed by atoms with E-state index in [0.717, 1.165) is 67.3 Å². The molecular weight excluding hydrogens is 710 g/mol. The van der Waals surface area contributed by atoms with E-state index in [0.29, 0.717) is 36.3 Å². The molecule has 0 spiro atoms. The van der Waals surface area contributed by atoms with E-state index in [1.807, 2.05) is 73.7 Å². The molecule has 4 aromatic rings. The minimum atomic E-state index is -4.62. The van der Waals surface area contributed by atoms with Gasteiger partial charge in [0.1, 0.15) is 17.6 Å². The van der Waals surface area contributed by atoms with Gasteiger partial charge in [-0.2, -0.15) is 18.3 Å². The minimum absolute atomic E-state index is 0.00600. The number of nitrogens with one attached hydrogen (secondary N) is 2. The molecular formula is C37H41F3N8O4S. The number of benzene rings is 2. The maximum absolute atomic E-state index is 13.0. The number of carbonyl (C=O) groups excluding carboxylic acids is 3. The van der Waals surface area contributed by atoms with Crippen molar-refractivity contribution < 1.29 is 32.3 Å². The molecule has 3 aliphatic rings. The van der Waals surface area contributed by atoms with Crippen molar-refractivity contribution in [1.82, 2.24) is 29.9 Å². The fraction of sp³-hybridized carbons (Fsp3) is 0.378. The Hall–Kier alpha value is -4.90. The van der Waals surface area contributed by atoms with Crippen LogP contribution in [-0.2, 0) is 26.9 Å². The van der Waals surface area contributed by atoms with Crippen LogP contribution in [0.25, 0.3) is 5.69 Å². The maximum atomic E-state index is 13.0. The second-order valence-electron chi connectivity index (χ2n) is 12.7. The van der Waals surface area contributed by atoms with Gasteiger partial charge < -0.3 is 15.4 Å². The molecule has 7 rings (SSSR count). The van der Waals surface area contributed by atoms with Gasteiger partial charge in [0.2, 0.25) is 0 Å². The second kappa shape index (κ2) is 16.8. The Morgan fingerprint density at radius 1 is 1.02 bits per heavy atom. The number of thiazole rings is 1. The van der Waals surface area contributed by atoms with Crippen LogP contribution in [0.4, 0.5) is 24.7 Å². The molecule has 3 aliphatic heterocycles. The Bertz CT molecular complexity index is 1910. The molecule has 53 heavy (non-hydrogen) atoms. The predicted octanol–water partition coefficient (Wildman–Crippen LogP) is 4.64. The largest absolute Gasteiger partial charge is 0.443 e. The fourth-order valence-corrected chi connectivity index (χ4v) is 6.98. The highest BCUT2D eigenvalue weighted by Crippen LogP contribution is 2.33. The Morgan fingerprint density at radius 3 is 2.28 bits per heavy atom. The number of hydrogen-bond acceptors (Lipinski definition) is 9. The lowest BCUT2D eigenvalue weighted by Gasteiger charge is -2.42. The average molecular weight is 751 g/mol. The standard InChI is InChI=1S/C19H16F3N5O2S.C18H25N3O2/c1-2-26-16-11(9-23-27(16)12-6-4-3-5-7-12)8-13(17(26)29)24-15(28)14-10-30-18(25-14)19(20,21)22;1-2-15(18(22)19-16-6-4-3-5-7-16)12-20-8-10-21(11-9-20)17-13-23-14-17/h3-7,9-10,13H,2,8H2,1H3,(H,24,28);2-7,17H,8-14H2,1H3,(H,19,22)/b;15-2+. The number of aromatic nitrogens is 3. The first-order chi connectivity index (χ1) is 25.5. The summed E-state index contributed by atoms with van der Waals surface area (Å²) >= 11 is 0.337. The molecule has 2 fully saturated rings. The highest BCUT2D eigenvalue weighted by atomic mass is 32.1. The number of carbonyl (C=O) groups is 3. The summed E-state index contributed by atoms with van der Waals surface area (Å²) in [6.45, 7) is 10.7. The third kappa shape index (κ3) is 9.01. The van der Waals surface area contributed by atoms with E-state index in [9.17, 15) is 27.6 Å². The van der Waals surface area contributed by atoms with Gasteiger partial charge in [-0.15, -0.1) is 11.3 Å². The Morgan fingerprint density at radius 2 is 1.70 bits per heavy atom. The van der Waals surface area contributed by atoms with Crippen LogP contribution in [-0.4, -0.2) is 107 Å². The van der Waals surface area contributed by atoms with Crippen LogP contribution in [0.3, 0.4) is 0 Å². The van der Waals surface area contributed by atoms with Crippen LogP contribution >= 0.6 is 11.3 Å². The molecule has 1 atom stereocenters. The quantitative estimate of drug-likeness (QED) is 0.237. The number of piperazine rings is 1. The summed E-state index contributed by atoms with van der Waals surface area (Å²) in [5.74, 6) is -0.571. The number of halogens is 3. The van der Waals surface area contributed by atoms with Gasteiger partial charge >= 0.3 is 6.18 Å². The van der Waals surface area contributed by atoms with Gasteiger partial charge in [0.25, 0.3) is 17.7 Å². The molecule has 2 aromatic heterocycles. The van der Waals surface area contributed by atoms with Gasteiger partial charge in [-0.05, 0) is 38.1 Å². The lowest BCUT2D eigenvalue weighted by molar-refractivity contribution is -0.137. The summed E-state index contributed by atoms with van der Waals surface area (Å²) in [6, 6.07) is 18.6. The van der Waals surface area contributed by atoms with E-state index in [2.05, 4.69) is 30.5 Å². The number of rotatable bonds is 9. The van der Waals surface area contributed by atoms with E-state index in [4.69, 9.17) is 4.74 Å². The zero-order valence-electron chi connectivity index (χ0n) is 29.4. The SMILES string of the molecule is C/C=C(\CN1CCN(C2COC2)CC1)C(=O)Nc1ccccc1.CCN1C(=O)C(NC(=O)c2csc(C(F)(F)F)n2)Cc2cnn(-c3ccccc3)c21. The van der Waals surface area contributed by atoms with Crippen LogP contribution in [0, 0.1) is 0 Å². The number of anilines is 2. The molecule has 12 nitrogen and oxygen atoms in total. The molecule has 0 bridgehead atoms. The molecule has 280 valence electrons. The van der Waals surface area contributed by atoms with Crippen molar-refractivity contribution in [1.29, 1.82) is 0 Å². The first kappa shape index (κ1) is 37.8. The summed E-state index contributed by atoms with van der Waals surface area (Å²) < 4.78 is 45.1. The van der Waals surface area contributed by atoms with E-state index in [1.165, 1.54) is 4.90 Å². The highest BCUT2D eigenvalue weighted by Gasteiger charge is 2.38. The summed E-state index contributed by atoms with van der Waals surface area (Å²) in [7, 11) is 0. The van der Waals surface area contributed by atoms with Crippen molar-refractivity contribution in [3.05, 3.63) is 100 Å². The van der Waals surface area contributed by atoms with Crippen molar-refractivity contribution in [2.45, 2.75) is 38.5 Å². The molecule has 0 radical (unpaired) electrons. The van der Waals surface area contributed by atoms with Gasteiger partial charge in [-0.1, -0.05) is 42.5 Å². The van der Waals surface area contributed by atoms with Crippen LogP contribution < -0.4 is 15.5 Å². The maximum Gasteiger partial charge on any atom is 0.443 e. The van der Waals surface area contributed by atoms with Crippen LogP contribution in [0.5, 0.6) is 0 Å². The first-order valence-corrected chi connectivity index (χ1v) is 18.3. The van der Waals surface area contributed by atoms with E-state index in [1.54, 1.807) is 17.8 Å². The molecule has 1 unspecified atom stereocenters. The summed E-state index contributed by atoms with van der Waals surface area (Å²) in [4.78, 5) is 47.5. The van der Waals surface area contributed by atoms with Crippen molar-refractivity contribution in [3.63, 3.8) is 0 Å². The molecule has 0 aliphatic carbocycles. The molecule has 5 heterocycles. The smallest absolute Gasteiger partial charge is 0.378 e. The van der Waals surface area contributed by atoms with Crippen LogP contribution in [0.2, 0.25) is 0 Å². The summed E-state index contributed by atoms with van der Waals surface area (Å²) in [5, 5.41) is 9.78. The van der Waals surface area contributed by atoms with Gasteiger partial charge in [0, 0.05) is 67.9 Å². The zero-order valence-corrected chi connectivity index (χ0v) is 30.2. The molecule has 3 amide bonds. The van der Waals surface area contributed by atoms with Crippen molar-refractivity contribution in [2.75, 3.05) is 62.7 Å². The normalized spacial score (nSPS) is 18.4. The predicted molar refractivity (Wildman–Crippen MR) is 195 cm³/mol. The van der Waals surface area contributed by atoms with Crippen LogP contribution in [0.1, 0.15) is 34.9 Å². The monoisotopic (exact) mass is 750 g/mol. The summed E-state index contributed by atoms with van der Waals surface area (Å²) in [6.07, 6.45) is -0.894. The number of fused-ring (bicyclic) bond motifs is 1. The van der Waals surface area contributed by atoms with E-state index >= 15 is 0 Å². The molecule has 2 N–H and O–H groups in total. The van der Waals surface area contributed by atoms with Crippen molar-refractivity contribution >= 4 is 40.6 Å². The molecule has 2 aromatic carbocycles. The van der Waals surface area contributed by atoms with E-state index < -0.39 is 23.1 Å². The van der Waals surface area contributed by atoms with Crippen LogP contribution in [0.15, 0.2) is 83.9 Å². The van der Waals surface area contributed by atoms with Gasteiger partial charge in [0.15, 0.2) is 5.01 Å². The third-order valence-corrected chi connectivity index (χ3v) is 10.2. The van der Waals surface area contributed by atoms with E-state index in [-0.39, 0.29) is 23.9 Å². The molecule has 0 saturated carbocycles. The molecule has 16 heteroatoms. The summed E-state index contributed by atoms with van der Waals surface area (Å²) in [5.41, 5.74) is 2.84. The number of ether oxygens (including phenoxy) is 1.